The standard InChI is InChI=1S/C18H38N2O4/c1-16(18(2,3)4)15-17(21)20-8-6-10-23-12-14-24-13-11-22-9-5-7-19/h16H,5-15,19H2,1-4H3,(H,20,21)/t16-/m0/s1. The fourth-order valence-electron chi connectivity index (χ4n) is 1.79. The third-order valence-corrected chi connectivity index (χ3v) is 3.99. The number of carbonyl (C=O) groups excluding carboxylic acids is 1. The lowest BCUT2D eigenvalue weighted by atomic mass is 9.80. The van der Waals surface area contributed by atoms with E-state index in [1.165, 1.54) is 0 Å². The molecule has 24 heavy (non-hydrogen) atoms. The highest BCUT2D eigenvalue weighted by Gasteiger charge is 2.22. The van der Waals surface area contributed by atoms with Crippen LogP contribution in [-0.4, -0.2) is 58.6 Å². The third kappa shape index (κ3) is 14.9. The maximum Gasteiger partial charge on any atom is 0.220 e. The van der Waals surface area contributed by atoms with Gasteiger partial charge in [0.1, 0.15) is 0 Å². The molecule has 6 heteroatoms. The van der Waals surface area contributed by atoms with Gasteiger partial charge >= 0.3 is 0 Å². The quantitative estimate of drug-likeness (QED) is 0.443. The number of hydrogen-bond acceptors (Lipinski definition) is 5. The molecule has 0 rings (SSSR count). The van der Waals surface area contributed by atoms with E-state index in [9.17, 15) is 4.79 Å². The molecule has 0 bridgehead atoms. The fourth-order valence-corrected chi connectivity index (χ4v) is 1.79. The molecule has 144 valence electrons. The van der Waals surface area contributed by atoms with Crippen LogP contribution in [0.25, 0.3) is 0 Å². The van der Waals surface area contributed by atoms with E-state index < -0.39 is 0 Å². The number of rotatable bonds is 15. The summed E-state index contributed by atoms with van der Waals surface area (Å²) in [7, 11) is 0. The van der Waals surface area contributed by atoms with Crippen LogP contribution in [0.3, 0.4) is 0 Å². The fraction of sp³-hybridized carbons (Fsp3) is 0.944. The van der Waals surface area contributed by atoms with Crippen LogP contribution in [0.4, 0.5) is 0 Å². The number of amides is 1. The van der Waals surface area contributed by atoms with Gasteiger partial charge in [0, 0.05) is 26.2 Å². The molecule has 0 radical (unpaired) electrons. The molecule has 0 saturated heterocycles. The molecule has 0 aromatic rings. The normalized spacial score (nSPS) is 13.0. The lowest BCUT2D eigenvalue weighted by molar-refractivity contribution is -0.122. The van der Waals surface area contributed by atoms with Crippen LogP contribution < -0.4 is 11.1 Å². The van der Waals surface area contributed by atoms with Gasteiger partial charge < -0.3 is 25.3 Å². The van der Waals surface area contributed by atoms with E-state index >= 15 is 0 Å². The molecule has 0 heterocycles. The van der Waals surface area contributed by atoms with Crippen LogP contribution in [0.2, 0.25) is 0 Å². The van der Waals surface area contributed by atoms with Gasteiger partial charge in [-0.1, -0.05) is 27.7 Å². The predicted molar refractivity (Wildman–Crippen MR) is 97.0 cm³/mol. The van der Waals surface area contributed by atoms with Crippen molar-refractivity contribution in [3.8, 4) is 0 Å². The average Bonchev–Trinajstić information content (AvgIpc) is 2.51. The van der Waals surface area contributed by atoms with Crippen molar-refractivity contribution in [3.63, 3.8) is 0 Å². The van der Waals surface area contributed by atoms with Crippen molar-refractivity contribution in [1.29, 1.82) is 0 Å². The second-order valence-electron chi connectivity index (χ2n) is 7.15. The number of nitrogens with one attached hydrogen (secondary N) is 1. The lowest BCUT2D eigenvalue weighted by Crippen LogP contribution is -2.30. The molecule has 0 aromatic heterocycles. The van der Waals surface area contributed by atoms with Crippen LogP contribution in [0.15, 0.2) is 0 Å². The summed E-state index contributed by atoms with van der Waals surface area (Å²) in [6, 6.07) is 0. The van der Waals surface area contributed by atoms with Gasteiger partial charge in [-0.25, -0.2) is 0 Å². The van der Waals surface area contributed by atoms with E-state index in [0.717, 1.165) is 12.8 Å². The van der Waals surface area contributed by atoms with E-state index in [1.807, 2.05) is 0 Å². The van der Waals surface area contributed by atoms with Gasteiger partial charge in [-0.3, -0.25) is 4.79 Å². The first-order valence-corrected chi connectivity index (χ1v) is 9.08. The van der Waals surface area contributed by atoms with Crippen molar-refractivity contribution >= 4 is 5.91 Å². The van der Waals surface area contributed by atoms with Gasteiger partial charge in [-0.15, -0.1) is 0 Å². The Morgan fingerprint density at radius 2 is 1.46 bits per heavy atom. The molecule has 6 nitrogen and oxygen atoms in total. The van der Waals surface area contributed by atoms with Gasteiger partial charge in [0.15, 0.2) is 0 Å². The zero-order valence-corrected chi connectivity index (χ0v) is 16.1. The highest BCUT2D eigenvalue weighted by molar-refractivity contribution is 5.76. The van der Waals surface area contributed by atoms with Crippen LogP contribution in [0, 0.1) is 11.3 Å². The molecule has 0 aliphatic heterocycles. The summed E-state index contributed by atoms with van der Waals surface area (Å²) in [4.78, 5) is 11.8. The Kier molecular flexibility index (Phi) is 14.2. The Labute approximate surface area is 147 Å². The number of carbonyl (C=O) groups is 1. The summed E-state index contributed by atoms with van der Waals surface area (Å²) in [6.45, 7) is 13.5. The zero-order chi connectivity index (χ0) is 18.3. The first kappa shape index (κ1) is 23.3. The Bertz CT molecular complexity index is 306. The molecule has 3 N–H and O–H groups in total. The Hall–Kier alpha value is -0.690. The van der Waals surface area contributed by atoms with Gasteiger partial charge in [-0.05, 0) is 30.7 Å². The maximum atomic E-state index is 11.8. The largest absolute Gasteiger partial charge is 0.379 e. The molecule has 0 aromatic carbocycles. The summed E-state index contributed by atoms with van der Waals surface area (Å²) in [5.74, 6) is 0.487. The van der Waals surface area contributed by atoms with Crippen LogP contribution in [-0.2, 0) is 19.0 Å². The highest BCUT2D eigenvalue weighted by atomic mass is 16.5. The average molecular weight is 347 g/mol. The van der Waals surface area contributed by atoms with Gasteiger partial charge in [0.2, 0.25) is 5.91 Å². The van der Waals surface area contributed by atoms with Crippen molar-refractivity contribution < 1.29 is 19.0 Å². The number of nitrogens with two attached hydrogens (primary N) is 1. The Morgan fingerprint density at radius 1 is 0.958 bits per heavy atom. The summed E-state index contributed by atoms with van der Waals surface area (Å²) in [6.07, 6.45) is 2.28. The molecule has 1 amide bonds. The maximum absolute atomic E-state index is 11.8. The minimum Gasteiger partial charge on any atom is -0.379 e. The molecule has 0 fully saturated rings. The van der Waals surface area contributed by atoms with Crippen molar-refractivity contribution in [2.45, 2.75) is 47.0 Å². The van der Waals surface area contributed by atoms with Gasteiger partial charge in [-0.2, -0.15) is 0 Å². The van der Waals surface area contributed by atoms with E-state index in [4.69, 9.17) is 19.9 Å². The molecule has 0 aliphatic rings. The summed E-state index contributed by atoms with van der Waals surface area (Å²) in [5, 5.41) is 2.95. The van der Waals surface area contributed by atoms with E-state index in [1.54, 1.807) is 0 Å². The van der Waals surface area contributed by atoms with Crippen LogP contribution in [0.1, 0.15) is 47.0 Å². The predicted octanol–water partition coefficient (Wildman–Crippen LogP) is 1.96. The SMILES string of the molecule is C[C@@H](CC(=O)NCCCOCCOCCOCCCN)C(C)(C)C. The van der Waals surface area contributed by atoms with Gasteiger partial charge in [0.05, 0.1) is 26.4 Å². The van der Waals surface area contributed by atoms with Crippen LogP contribution >= 0.6 is 0 Å². The van der Waals surface area contributed by atoms with Crippen molar-refractivity contribution in [1.82, 2.24) is 5.32 Å². The molecular formula is C18H38N2O4. The lowest BCUT2D eigenvalue weighted by Gasteiger charge is -2.26. The highest BCUT2D eigenvalue weighted by Crippen LogP contribution is 2.27. The van der Waals surface area contributed by atoms with E-state index in [2.05, 4.69) is 33.0 Å². The molecule has 0 saturated carbocycles. The summed E-state index contributed by atoms with van der Waals surface area (Å²) >= 11 is 0. The monoisotopic (exact) mass is 346 g/mol. The first-order chi connectivity index (χ1) is 11.4. The van der Waals surface area contributed by atoms with Crippen molar-refractivity contribution in [2.75, 3.05) is 52.7 Å². The molecule has 1 atom stereocenters. The van der Waals surface area contributed by atoms with Gasteiger partial charge in [0.25, 0.3) is 0 Å². The molecular weight excluding hydrogens is 308 g/mol. The second kappa shape index (κ2) is 14.6. The number of hydrogen-bond donors (Lipinski definition) is 2. The topological polar surface area (TPSA) is 82.8 Å². The molecule has 0 aliphatic carbocycles. The Balaban J connectivity index is 3.29. The third-order valence-electron chi connectivity index (χ3n) is 3.99. The number of ether oxygens (including phenoxy) is 3. The second-order valence-corrected chi connectivity index (χ2v) is 7.15. The zero-order valence-electron chi connectivity index (χ0n) is 16.1. The minimum absolute atomic E-state index is 0.121. The van der Waals surface area contributed by atoms with Crippen molar-refractivity contribution in [3.05, 3.63) is 0 Å². The Morgan fingerprint density at radius 3 is 1.96 bits per heavy atom. The first-order valence-electron chi connectivity index (χ1n) is 9.08. The van der Waals surface area contributed by atoms with Crippen LogP contribution in [0.5, 0.6) is 0 Å². The summed E-state index contributed by atoms with van der Waals surface area (Å²) < 4.78 is 16.2. The molecule has 0 spiro atoms. The smallest absolute Gasteiger partial charge is 0.220 e. The molecule has 0 unspecified atom stereocenters. The summed E-state index contributed by atoms with van der Waals surface area (Å²) in [5.41, 5.74) is 5.53. The minimum atomic E-state index is 0.121. The van der Waals surface area contributed by atoms with E-state index in [-0.39, 0.29) is 11.3 Å². The van der Waals surface area contributed by atoms with Crippen molar-refractivity contribution in [2.24, 2.45) is 17.1 Å². The van der Waals surface area contributed by atoms with E-state index in [0.29, 0.717) is 65.1 Å².